The fourth-order valence-electron chi connectivity index (χ4n) is 2.70. The Bertz CT molecular complexity index is 830. The minimum atomic E-state index is -0.218. The lowest BCUT2D eigenvalue weighted by atomic mass is 10.0. The van der Waals surface area contributed by atoms with E-state index in [-0.39, 0.29) is 18.6 Å². The van der Waals surface area contributed by atoms with Gasteiger partial charge in [-0.25, -0.2) is 0 Å². The molecule has 0 fully saturated rings. The van der Waals surface area contributed by atoms with Crippen molar-refractivity contribution in [3.05, 3.63) is 60.6 Å². The number of aromatic nitrogens is 3. The number of fused-ring (bicyclic) bond motifs is 1. The second-order valence-corrected chi connectivity index (χ2v) is 6.34. The SMILES string of the molecule is CC(C)C[C@@H](NC(=O)COc1ccccc1)c1nnc2ccccn12. The molecule has 1 aromatic carbocycles. The zero-order valence-electron chi connectivity index (χ0n) is 14.4. The summed E-state index contributed by atoms with van der Waals surface area (Å²) in [5, 5.41) is 11.5. The van der Waals surface area contributed by atoms with Gasteiger partial charge in [0, 0.05) is 6.20 Å². The maximum absolute atomic E-state index is 12.3. The van der Waals surface area contributed by atoms with Gasteiger partial charge in [-0.3, -0.25) is 9.20 Å². The topological polar surface area (TPSA) is 68.5 Å². The second-order valence-electron chi connectivity index (χ2n) is 6.34. The Morgan fingerprint density at radius 3 is 2.64 bits per heavy atom. The average Bonchev–Trinajstić information content (AvgIpc) is 3.04. The summed E-state index contributed by atoms with van der Waals surface area (Å²) in [6.07, 6.45) is 2.68. The molecule has 0 bridgehead atoms. The van der Waals surface area contributed by atoms with Gasteiger partial charge in [0.15, 0.2) is 18.1 Å². The standard InChI is InChI=1S/C19H22N4O2/c1-14(2)12-16(19-22-21-17-10-6-7-11-23(17)19)20-18(24)13-25-15-8-4-3-5-9-15/h3-11,14,16H,12-13H2,1-2H3,(H,20,24)/t16-/m1/s1. The molecular formula is C19H22N4O2. The zero-order valence-corrected chi connectivity index (χ0v) is 14.4. The van der Waals surface area contributed by atoms with Gasteiger partial charge in [0.1, 0.15) is 5.75 Å². The number of para-hydroxylation sites is 1. The number of carbonyl (C=O) groups is 1. The van der Waals surface area contributed by atoms with E-state index in [9.17, 15) is 4.79 Å². The van der Waals surface area contributed by atoms with Crippen LogP contribution in [0.4, 0.5) is 0 Å². The Hall–Kier alpha value is -2.89. The Labute approximate surface area is 146 Å². The summed E-state index contributed by atoms with van der Waals surface area (Å²) >= 11 is 0. The van der Waals surface area contributed by atoms with Crippen molar-refractivity contribution in [3.63, 3.8) is 0 Å². The Morgan fingerprint density at radius 1 is 1.12 bits per heavy atom. The highest BCUT2D eigenvalue weighted by Gasteiger charge is 2.21. The molecule has 130 valence electrons. The first kappa shape index (κ1) is 17.0. The van der Waals surface area contributed by atoms with Crippen LogP contribution in [0, 0.1) is 5.92 Å². The van der Waals surface area contributed by atoms with E-state index < -0.39 is 0 Å². The molecule has 0 spiro atoms. The zero-order chi connectivity index (χ0) is 17.6. The van der Waals surface area contributed by atoms with Gasteiger partial charge in [0.2, 0.25) is 0 Å². The average molecular weight is 338 g/mol. The van der Waals surface area contributed by atoms with Gasteiger partial charge in [0.25, 0.3) is 5.91 Å². The summed E-state index contributed by atoms with van der Waals surface area (Å²) in [7, 11) is 0. The third-order valence-electron chi connectivity index (χ3n) is 3.81. The van der Waals surface area contributed by atoms with Crippen LogP contribution in [-0.4, -0.2) is 27.1 Å². The van der Waals surface area contributed by atoms with Crippen molar-refractivity contribution < 1.29 is 9.53 Å². The minimum absolute atomic E-state index is 0.0324. The Balaban J connectivity index is 1.71. The van der Waals surface area contributed by atoms with Crippen molar-refractivity contribution in [3.8, 4) is 5.75 Å². The monoisotopic (exact) mass is 338 g/mol. The summed E-state index contributed by atoms with van der Waals surface area (Å²) in [5.41, 5.74) is 0.765. The van der Waals surface area contributed by atoms with Gasteiger partial charge in [-0.05, 0) is 36.6 Å². The highest BCUT2D eigenvalue weighted by atomic mass is 16.5. The number of nitrogens with one attached hydrogen (secondary N) is 1. The maximum Gasteiger partial charge on any atom is 0.258 e. The molecule has 25 heavy (non-hydrogen) atoms. The van der Waals surface area contributed by atoms with Crippen LogP contribution in [0.3, 0.4) is 0 Å². The number of ether oxygens (including phenoxy) is 1. The molecule has 1 N–H and O–H groups in total. The normalized spacial score (nSPS) is 12.3. The van der Waals surface area contributed by atoms with E-state index in [1.165, 1.54) is 0 Å². The van der Waals surface area contributed by atoms with E-state index >= 15 is 0 Å². The fraction of sp³-hybridized carbons (Fsp3) is 0.316. The van der Waals surface area contributed by atoms with Crippen molar-refractivity contribution in [1.82, 2.24) is 19.9 Å². The van der Waals surface area contributed by atoms with E-state index in [1.807, 2.05) is 59.1 Å². The smallest absolute Gasteiger partial charge is 0.258 e. The fourth-order valence-corrected chi connectivity index (χ4v) is 2.70. The lowest BCUT2D eigenvalue weighted by Gasteiger charge is -2.19. The third-order valence-corrected chi connectivity index (χ3v) is 3.81. The van der Waals surface area contributed by atoms with Crippen molar-refractivity contribution >= 4 is 11.6 Å². The van der Waals surface area contributed by atoms with Crippen LogP contribution in [-0.2, 0) is 4.79 Å². The number of rotatable bonds is 7. The molecule has 0 radical (unpaired) electrons. The molecule has 6 heteroatoms. The van der Waals surface area contributed by atoms with E-state index in [0.29, 0.717) is 11.7 Å². The van der Waals surface area contributed by atoms with Crippen molar-refractivity contribution in [2.45, 2.75) is 26.3 Å². The molecule has 3 rings (SSSR count). The summed E-state index contributed by atoms with van der Waals surface area (Å²) in [4.78, 5) is 12.3. The number of hydrogen-bond donors (Lipinski definition) is 1. The molecule has 0 aliphatic carbocycles. The Kier molecular flexibility index (Phi) is 5.28. The van der Waals surface area contributed by atoms with Gasteiger partial charge in [0.05, 0.1) is 6.04 Å². The molecule has 0 saturated heterocycles. The predicted molar refractivity (Wildman–Crippen MR) is 95.3 cm³/mol. The molecule has 1 atom stereocenters. The first-order valence-electron chi connectivity index (χ1n) is 8.40. The number of carbonyl (C=O) groups excluding carboxylic acids is 1. The molecule has 0 aliphatic heterocycles. The Morgan fingerprint density at radius 2 is 1.88 bits per heavy atom. The largest absolute Gasteiger partial charge is 0.484 e. The number of benzene rings is 1. The van der Waals surface area contributed by atoms with Crippen LogP contribution < -0.4 is 10.1 Å². The molecule has 6 nitrogen and oxygen atoms in total. The van der Waals surface area contributed by atoms with Crippen molar-refractivity contribution in [2.24, 2.45) is 5.92 Å². The lowest BCUT2D eigenvalue weighted by Crippen LogP contribution is -2.34. The summed E-state index contributed by atoms with van der Waals surface area (Å²) in [5.74, 6) is 1.63. The van der Waals surface area contributed by atoms with Crippen LogP contribution in [0.25, 0.3) is 5.65 Å². The van der Waals surface area contributed by atoms with Crippen LogP contribution in [0.15, 0.2) is 54.7 Å². The van der Waals surface area contributed by atoms with Gasteiger partial charge in [-0.1, -0.05) is 38.1 Å². The van der Waals surface area contributed by atoms with E-state index in [1.54, 1.807) is 0 Å². The van der Waals surface area contributed by atoms with E-state index in [4.69, 9.17) is 4.74 Å². The number of pyridine rings is 1. The molecule has 0 saturated carbocycles. The van der Waals surface area contributed by atoms with E-state index in [2.05, 4.69) is 29.4 Å². The van der Waals surface area contributed by atoms with Crippen LogP contribution in [0.5, 0.6) is 5.75 Å². The number of hydrogen-bond acceptors (Lipinski definition) is 4. The first-order valence-corrected chi connectivity index (χ1v) is 8.40. The van der Waals surface area contributed by atoms with Gasteiger partial charge in [-0.15, -0.1) is 10.2 Å². The van der Waals surface area contributed by atoms with Crippen LogP contribution in [0.2, 0.25) is 0 Å². The maximum atomic E-state index is 12.3. The van der Waals surface area contributed by atoms with Crippen LogP contribution >= 0.6 is 0 Å². The van der Waals surface area contributed by atoms with Crippen LogP contribution in [0.1, 0.15) is 32.1 Å². The second kappa shape index (κ2) is 7.79. The summed E-state index contributed by atoms with van der Waals surface area (Å²) in [6, 6.07) is 14.8. The van der Waals surface area contributed by atoms with Crippen molar-refractivity contribution in [2.75, 3.05) is 6.61 Å². The highest BCUT2D eigenvalue weighted by Crippen LogP contribution is 2.20. The van der Waals surface area contributed by atoms with Gasteiger partial charge in [-0.2, -0.15) is 0 Å². The summed E-state index contributed by atoms with van der Waals surface area (Å²) < 4.78 is 7.43. The number of nitrogens with zero attached hydrogens (tertiary/aromatic N) is 3. The van der Waals surface area contributed by atoms with Crippen molar-refractivity contribution in [1.29, 1.82) is 0 Å². The molecule has 2 heterocycles. The summed E-state index contributed by atoms with van der Waals surface area (Å²) in [6.45, 7) is 4.20. The predicted octanol–water partition coefficient (Wildman–Crippen LogP) is 3.01. The van der Waals surface area contributed by atoms with E-state index in [0.717, 1.165) is 17.9 Å². The quantitative estimate of drug-likeness (QED) is 0.719. The molecule has 1 amide bonds. The lowest BCUT2D eigenvalue weighted by molar-refractivity contribution is -0.124. The van der Waals surface area contributed by atoms with Gasteiger partial charge < -0.3 is 10.1 Å². The first-order chi connectivity index (χ1) is 12.1. The third kappa shape index (κ3) is 4.35. The minimum Gasteiger partial charge on any atom is -0.484 e. The molecular weight excluding hydrogens is 316 g/mol. The molecule has 0 unspecified atom stereocenters. The molecule has 2 aromatic heterocycles. The molecule has 3 aromatic rings. The molecule has 0 aliphatic rings. The number of amides is 1. The van der Waals surface area contributed by atoms with Gasteiger partial charge >= 0.3 is 0 Å². The highest BCUT2D eigenvalue weighted by molar-refractivity contribution is 5.78.